The summed E-state index contributed by atoms with van der Waals surface area (Å²) in [6, 6.07) is 1.94. The van der Waals surface area contributed by atoms with Crippen LogP contribution in [0.1, 0.15) is 20.3 Å². The Morgan fingerprint density at radius 3 is 2.50 bits per heavy atom. The van der Waals surface area contributed by atoms with E-state index in [9.17, 15) is 4.79 Å². The maximum absolute atomic E-state index is 10.3. The minimum atomic E-state index is -0.831. The molecule has 0 aromatic heterocycles. The highest BCUT2D eigenvalue weighted by Gasteiger charge is 2.18. The number of hydrogen-bond donors (Lipinski definition) is 1. The highest BCUT2D eigenvalue weighted by molar-refractivity contribution is 5.69. The molecule has 2 unspecified atom stereocenters. The van der Waals surface area contributed by atoms with E-state index in [1.54, 1.807) is 13.8 Å². The zero-order valence-electron chi connectivity index (χ0n) is 6.16. The van der Waals surface area contributed by atoms with E-state index in [1.807, 2.05) is 6.07 Å². The molecule has 0 heterocycles. The van der Waals surface area contributed by atoms with Crippen molar-refractivity contribution in [3.8, 4) is 6.07 Å². The van der Waals surface area contributed by atoms with Gasteiger partial charge < -0.3 is 5.11 Å². The molecular formula is C7H11NO2. The van der Waals surface area contributed by atoms with Crippen LogP contribution in [-0.2, 0) is 4.79 Å². The van der Waals surface area contributed by atoms with Crippen molar-refractivity contribution < 1.29 is 9.90 Å². The molecule has 0 aliphatic rings. The number of rotatable bonds is 3. The van der Waals surface area contributed by atoms with Gasteiger partial charge in [-0.2, -0.15) is 5.26 Å². The standard InChI is InChI=1S/C7H11NO2/c1-5(3-4-8)6(2)7(9)10/h5-6H,3H2,1-2H3,(H,9,10). The van der Waals surface area contributed by atoms with Gasteiger partial charge in [0, 0.05) is 6.42 Å². The van der Waals surface area contributed by atoms with Crippen molar-refractivity contribution in [1.82, 2.24) is 0 Å². The Hall–Kier alpha value is -1.04. The summed E-state index contributed by atoms with van der Waals surface area (Å²) in [6.07, 6.45) is 0.313. The average Bonchev–Trinajstić information content (AvgIpc) is 1.87. The molecule has 0 aromatic rings. The molecule has 3 heteroatoms. The molecule has 0 aromatic carbocycles. The summed E-state index contributed by atoms with van der Waals surface area (Å²) in [6.45, 7) is 3.38. The van der Waals surface area contributed by atoms with E-state index in [2.05, 4.69) is 0 Å². The van der Waals surface area contributed by atoms with Crippen LogP contribution in [0.2, 0.25) is 0 Å². The molecule has 0 saturated carbocycles. The molecule has 0 fully saturated rings. The summed E-state index contributed by atoms with van der Waals surface area (Å²) in [4.78, 5) is 10.3. The molecule has 3 nitrogen and oxygen atoms in total. The molecule has 0 radical (unpaired) electrons. The predicted molar refractivity (Wildman–Crippen MR) is 36.2 cm³/mol. The molecule has 0 bridgehead atoms. The first kappa shape index (κ1) is 8.96. The van der Waals surface area contributed by atoms with Gasteiger partial charge in [0.05, 0.1) is 12.0 Å². The van der Waals surface area contributed by atoms with Crippen LogP contribution in [0.4, 0.5) is 0 Å². The van der Waals surface area contributed by atoms with E-state index in [0.717, 1.165) is 0 Å². The van der Waals surface area contributed by atoms with Gasteiger partial charge in [0.15, 0.2) is 0 Å². The van der Waals surface area contributed by atoms with Crippen LogP contribution in [0.25, 0.3) is 0 Å². The first-order valence-electron chi connectivity index (χ1n) is 3.19. The second kappa shape index (κ2) is 3.89. The number of carboxylic acid groups (broad SMARTS) is 1. The fraction of sp³-hybridized carbons (Fsp3) is 0.714. The van der Waals surface area contributed by atoms with Crippen molar-refractivity contribution >= 4 is 5.97 Å². The third-order valence-corrected chi connectivity index (χ3v) is 1.66. The van der Waals surface area contributed by atoms with E-state index in [0.29, 0.717) is 6.42 Å². The van der Waals surface area contributed by atoms with Gasteiger partial charge in [-0.15, -0.1) is 0 Å². The Morgan fingerprint density at radius 1 is 1.70 bits per heavy atom. The van der Waals surface area contributed by atoms with Crippen molar-refractivity contribution in [2.24, 2.45) is 11.8 Å². The van der Waals surface area contributed by atoms with E-state index >= 15 is 0 Å². The Kier molecular flexibility index (Phi) is 3.48. The minimum absolute atomic E-state index is 0.0532. The predicted octanol–water partition coefficient (Wildman–Crippen LogP) is 1.26. The van der Waals surface area contributed by atoms with Gasteiger partial charge >= 0.3 is 5.97 Å². The average molecular weight is 141 g/mol. The van der Waals surface area contributed by atoms with Crippen molar-refractivity contribution in [3.05, 3.63) is 0 Å². The quantitative estimate of drug-likeness (QED) is 0.643. The Balaban J connectivity index is 3.84. The van der Waals surface area contributed by atoms with Crippen molar-refractivity contribution in [2.45, 2.75) is 20.3 Å². The summed E-state index contributed by atoms with van der Waals surface area (Å²) in [5.74, 6) is -1.30. The monoisotopic (exact) mass is 141 g/mol. The van der Waals surface area contributed by atoms with Crippen LogP contribution in [-0.4, -0.2) is 11.1 Å². The summed E-state index contributed by atoms with van der Waals surface area (Å²) < 4.78 is 0. The lowest BCUT2D eigenvalue weighted by molar-refractivity contribution is -0.142. The summed E-state index contributed by atoms with van der Waals surface area (Å²) in [7, 11) is 0. The third-order valence-electron chi connectivity index (χ3n) is 1.66. The summed E-state index contributed by atoms with van der Waals surface area (Å²) in [5.41, 5.74) is 0. The van der Waals surface area contributed by atoms with Gasteiger partial charge in [-0.1, -0.05) is 13.8 Å². The number of nitriles is 1. The van der Waals surface area contributed by atoms with Crippen molar-refractivity contribution in [1.29, 1.82) is 5.26 Å². The van der Waals surface area contributed by atoms with Gasteiger partial charge in [-0.05, 0) is 5.92 Å². The van der Waals surface area contributed by atoms with Gasteiger partial charge in [-0.25, -0.2) is 0 Å². The molecule has 10 heavy (non-hydrogen) atoms. The number of carbonyl (C=O) groups is 1. The molecular weight excluding hydrogens is 130 g/mol. The first-order chi connectivity index (χ1) is 4.59. The molecule has 0 amide bonds. The lowest BCUT2D eigenvalue weighted by atomic mass is 9.94. The zero-order chi connectivity index (χ0) is 8.15. The maximum Gasteiger partial charge on any atom is 0.306 e. The van der Waals surface area contributed by atoms with Gasteiger partial charge in [0.2, 0.25) is 0 Å². The van der Waals surface area contributed by atoms with E-state index < -0.39 is 11.9 Å². The fourth-order valence-corrected chi connectivity index (χ4v) is 0.564. The van der Waals surface area contributed by atoms with Crippen LogP contribution in [0.15, 0.2) is 0 Å². The van der Waals surface area contributed by atoms with Crippen LogP contribution >= 0.6 is 0 Å². The molecule has 56 valence electrons. The Morgan fingerprint density at radius 2 is 2.20 bits per heavy atom. The normalized spacial score (nSPS) is 15.3. The smallest absolute Gasteiger partial charge is 0.306 e. The summed E-state index contributed by atoms with van der Waals surface area (Å²) >= 11 is 0. The van der Waals surface area contributed by atoms with Crippen LogP contribution in [0.3, 0.4) is 0 Å². The number of carboxylic acids is 1. The Labute approximate surface area is 60.3 Å². The highest BCUT2D eigenvalue weighted by atomic mass is 16.4. The second-order valence-corrected chi connectivity index (χ2v) is 2.47. The first-order valence-corrected chi connectivity index (χ1v) is 3.19. The third kappa shape index (κ3) is 2.49. The molecule has 2 atom stereocenters. The van der Waals surface area contributed by atoms with Gasteiger partial charge in [0.25, 0.3) is 0 Å². The topological polar surface area (TPSA) is 61.1 Å². The van der Waals surface area contributed by atoms with Crippen molar-refractivity contribution in [3.63, 3.8) is 0 Å². The fourth-order valence-electron chi connectivity index (χ4n) is 0.564. The largest absolute Gasteiger partial charge is 0.481 e. The molecule has 0 saturated heterocycles. The van der Waals surface area contributed by atoms with Gasteiger partial charge in [-0.3, -0.25) is 4.79 Å². The number of hydrogen-bond acceptors (Lipinski definition) is 2. The number of nitrogens with zero attached hydrogens (tertiary/aromatic N) is 1. The van der Waals surface area contributed by atoms with E-state index in [4.69, 9.17) is 10.4 Å². The van der Waals surface area contributed by atoms with E-state index in [1.165, 1.54) is 0 Å². The molecule has 0 rings (SSSR count). The van der Waals surface area contributed by atoms with Crippen LogP contribution in [0.5, 0.6) is 0 Å². The molecule has 1 N–H and O–H groups in total. The van der Waals surface area contributed by atoms with Crippen LogP contribution < -0.4 is 0 Å². The molecule has 0 aliphatic heterocycles. The minimum Gasteiger partial charge on any atom is -0.481 e. The highest BCUT2D eigenvalue weighted by Crippen LogP contribution is 2.13. The number of aliphatic carboxylic acids is 1. The second-order valence-electron chi connectivity index (χ2n) is 2.47. The lowest BCUT2D eigenvalue weighted by Crippen LogP contribution is -2.17. The molecule has 0 spiro atoms. The lowest BCUT2D eigenvalue weighted by Gasteiger charge is -2.10. The maximum atomic E-state index is 10.3. The van der Waals surface area contributed by atoms with Crippen molar-refractivity contribution in [2.75, 3.05) is 0 Å². The van der Waals surface area contributed by atoms with Crippen LogP contribution in [0, 0.1) is 23.2 Å². The SMILES string of the molecule is CC(CC#N)C(C)C(=O)O. The zero-order valence-corrected chi connectivity index (χ0v) is 6.16. The van der Waals surface area contributed by atoms with Gasteiger partial charge in [0.1, 0.15) is 0 Å². The van der Waals surface area contributed by atoms with E-state index in [-0.39, 0.29) is 5.92 Å². The molecule has 0 aliphatic carbocycles. The summed E-state index contributed by atoms with van der Waals surface area (Å²) in [5, 5.41) is 16.7. The Bertz CT molecular complexity index is 159.